The van der Waals surface area contributed by atoms with E-state index < -0.39 is 11.9 Å². The summed E-state index contributed by atoms with van der Waals surface area (Å²) in [4.78, 5) is 25.4. The van der Waals surface area contributed by atoms with E-state index in [9.17, 15) is 9.59 Å². The van der Waals surface area contributed by atoms with Crippen LogP contribution >= 0.6 is 0 Å². The van der Waals surface area contributed by atoms with E-state index in [4.69, 9.17) is 5.73 Å². The molecule has 0 aromatic heterocycles. The van der Waals surface area contributed by atoms with Crippen molar-refractivity contribution >= 4 is 33.4 Å². The van der Waals surface area contributed by atoms with E-state index in [-0.39, 0.29) is 5.91 Å². The smallest absolute Gasteiger partial charge is 0.253 e. The van der Waals surface area contributed by atoms with Crippen molar-refractivity contribution in [2.75, 3.05) is 0 Å². The van der Waals surface area contributed by atoms with Gasteiger partial charge in [0.2, 0.25) is 5.91 Å². The number of hydrogen-bond donors (Lipinski definition) is 2. The van der Waals surface area contributed by atoms with Crippen molar-refractivity contribution in [3.05, 3.63) is 95.6 Å². The van der Waals surface area contributed by atoms with Gasteiger partial charge in [0, 0.05) is 6.42 Å². The number of fused-ring (bicyclic) bond motifs is 2. The number of carbonyl (C=O) groups excluding carboxylic acids is 2. The highest BCUT2D eigenvalue weighted by Crippen LogP contribution is 2.28. The van der Waals surface area contributed by atoms with E-state index in [1.54, 1.807) is 0 Å². The Morgan fingerprint density at radius 1 is 0.862 bits per heavy atom. The zero-order chi connectivity index (χ0) is 20.4. The molecular formula is C25H22N2O2. The number of nitrogens with two attached hydrogens (primary N) is 1. The molecule has 0 saturated carbocycles. The molecule has 0 heterocycles. The summed E-state index contributed by atoms with van der Waals surface area (Å²) in [7, 11) is 0. The van der Waals surface area contributed by atoms with E-state index in [2.05, 4.69) is 11.4 Å². The van der Waals surface area contributed by atoms with Crippen molar-refractivity contribution in [1.82, 2.24) is 5.32 Å². The molecule has 4 aromatic carbocycles. The number of carbonyl (C=O) groups is 2. The SMILES string of the molecule is Cc1cccc(C[C@H](NC(=O)c2c3ccccc3cc3ccccc23)C(N)=O)c1. The molecule has 1 atom stereocenters. The highest BCUT2D eigenvalue weighted by atomic mass is 16.2. The summed E-state index contributed by atoms with van der Waals surface area (Å²) in [6, 6.07) is 24.7. The lowest BCUT2D eigenvalue weighted by Gasteiger charge is -2.18. The van der Waals surface area contributed by atoms with E-state index in [1.165, 1.54) is 0 Å². The van der Waals surface area contributed by atoms with Gasteiger partial charge in [0.15, 0.2) is 0 Å². The van der Waals surface area contributed by atoms with Gasteiger partial charge in [-0.2, -0.15) is 0 Å². The van der Waals surface area contributed by atoms with Crippen LogP contribution < -0.4 is 11.1 Å². The number of amides is 2. The van der Waals surface area contributed by atoms with E-state index >= 15 is 0 Å². The van der Waals surface area contributed by atoms with Gasteiger partial charge in [0.05, 0.1) is 5.56 Å². The average molecular weight is 382 g/mol. The number of rotatable bonds is 5. The van der Waals surface area contributed by atoms with Crippen LogP contribution in [0.2, 0.25) is 0 Å². The van der Waals surface area contributed by atoms with Gasteiger partial charge in [0.1, 0.15) is 6.04 Å². The molecule has 0 aliphatic rings. The summed E-state index contributed by atoms with van der Waals surface area (Å²) in [6.45, 7) is 1.99. The van der Waals surface area contributed by atoms with Crippen molar-refractivity contribution < 1.29 is 9.59 Å². The van der Waals surface area contributed by atoms with Crippen LogP contribution in [-0.4, -0.2) is 17.9 Å². The Kier molecular flexibility index (Phi) is 5.00. The predicted molar refractivity (Wildman–Crippen MR) is 117 cm³/mol. The Balaban J connectivity index is 1.74. The van der Waals surface area contributed by atoms with Crippen LogP contribution in [0.1, 0.15) is 21.5 Å². The van der Waals surface area contributed by atoms with Gasteiger partial charge in [-0.15, -0.1) is 0 Å². The van der Waals surface area contributed by atoms with Gasteiger partial charge in [-0.05, 0) is 40.1 Å². The number of hydrogen-bond acceptors (Lipinski definition) is 2. The molecule has 4 heteroatoms. The molecule has 0 unspecified atom stereocenters. The molecule has 2 amide bonds. The first-order valence-corrected chi connectivity index (χ1v) is 9.59. The lowest BCUT2D eigenvalue weighted by molar-refractivity contribution is -0.119. The maximum absolute atomic E-state index is 13.3. The first-order valence-electron chi connectivity index (χ1n) is 9.59. The van der Waals surface area contributed by atoms with Crippen molar-refractivity contribution in [1.29, 1.82) is 0 Å². The van der Waals surface area contributed by atoms with Crippen LogP contribution in [0.25, 0.3) is 21.5 Å². The second-order valence-electron chi connectivity index (χ2n) is 7.32. The monoisotopic (exact) mass is 382 g/mol. The summed E-state index contributed by atoms with van der Waals surface area (Å²) >= 11 is 0. The van der Waals surface area contributed by atoms with Crippen LogP contribution in [-0.2, 0) is 11.2 Å². The Morgan fingerprint density at radius 3 is 2.07 bits per heavy atom. The summed E-state index contributed by atoms with van der Waals surface area (Å²) in [5, 5.41) is 6.53. The molecule has 4 aromatic rings. The van der Waals surface area contributed by atoms with Crippen LogP contribution in [0.4, 0.5) is 0 Å². The fourth-order valence-electron chi connectivity index (χ4n) is 3.79. The second-order valence-corrected chi connectivity index (χ2v) is 7.32. The van der Waals surface area contributed by atoms with Gasteiger partial charge in [-0.25, -0.2) is 0 Å². The third-order valence-electron chi connectivity index (χ3n) is 5.17. The maximum Gasteiger partial charge on any atom is 0.253 e. The molecule has 29 heavy (non-hydrogen) atoms. The highest BCUT2D eigenvalue weighted by Gasteiger charge is 2.22. The zero-order valence-electron chi connectivity index (χ0n) is 16.2. The molecule has 0 fully saturated rings. The molecule has 3 N–H and O–H groups in total. The molecule has 0 aliphatic carbocycles. The number of nitrogens with one attached hydrogen (secondary N) is 1. The van der Waals surface area contributed by atoms with Crippen molar-refractivity contribution in [2.24, 2.45) is 5.73 Å². The van der Waals surface area contributed by atoms with Gasteiger partial charge in [-0.1, -0.05) is 78.4 Å². The quantitative estimate of drug-likeness (QED) is 0.510. The second kappa shape index (κ2) is 7.76. The van der Waals surface area contributed by atoms with Crippen LogP contribution in [0.3, 0.4) is 0 Å². The Hall–Kier alpha value is -3.66. The number of benzene rings is 4. The fourth-order valence-corrected chi connectivity index (χ4v) is 3.79. The lowest BCUT2D eigenvalue weighted by Crippen LogP contribution is -2.46. The maximum atomic E-state index is 13.3. The first-order chi connectivity index (χ1) is 14.0. The number of primary amides is 1. The summed E-state index contributed by atoms with van der Waals surface area (Å²) in [6.07, 6.45) is 0.353. The van der Waals surface area contributed by atoms with Gasteiger partial charge in [0.25, 0.3) is 5.91 Å². The molecular weight excluding hydrogens is 360 g/mol. The van der Waals surface area contributed by atoms with Gasteiger partial charge >= 0.3 is 0 Å². The minimum Gasteiger partial charge on any atom is -0.368 e. The summed E-state index contributed by atoms with van der Waals surface area (Å²) < 4.78 is 0. The fraction of sp³-hybridized carbons (Fsp3) is 0.120. The van der Waals surface area contributed by atoms with Crippen LogP contribution in [0.5, 0.6) is 0 Å². The molecule has 4 nitrogen and oxygen atoms in total. The molecule has 144 valence electrons. The van der Waals surface area contributed by atoms with E-state index in [0.717, 1.165) is 32.7 Å². The minimum absolute atomic E-state index is 0.297. The topological polar surface area (TPSA) is 72.2 Å². The van der Waals surface area contributed by atoms with E-state index in [0.29, 0.717) is 12.0 Å². The van der Waals surface area contributed by atoms with Gasteiger partial charge < -0.3 is 11.1 Å². The third-order valence-corrected chi connectivity index (χ3v) is 5.17. The highest BCUT2D eigenvalue weighted by molar-refractivity contribution is 6.18. The largest absolute Gasteiger partial charge is 0.368 e. The molecule has 0 aliphatic heterocycles. The predicted octanol–water partition coefficient (Wildman–Crippen LogP) is 4.13. The van der Waals surface area contributed by atoms with Crippen molar-refractivity contribution in [3.8, 4) is 0 Å². The molecule has 0 saturated heterocycles. The Labute approximate surface area is 169 Å². The minimum atomic E-state index is -0.790. The molecule has 4 rings (SSSR count). The standard InChI is InChI=1S/C25H22N2O2/c1-16-7-6-8-17(13-16)14-22(24(26)28)27-25(29)23-20-11-4-2-9-18(20)15-19-10-3-5-12-21(19)23/h2-13,15,22H,14H2,1H3,(H2,26,28)(H,27,29)/t22-/m0/s1. The van der Waals surface area contributed by atoms with Crippen molar-refractivity contribution in [3.63, 3.8) is 0 Å². The van der Waals surface area contributed by atoms with Gasteiger partial charge in [-0.3, -0.25) is 9.59 Å². The average Bonchev–Trinajstić information content (AvgIpc) is 2.71. The zero-order valence-corrected chi connectivity index (χ0v) is 16.2. The van der Waals surface area contributed by atoms with E-state index in [1.807, 2.05) is 79.7 Å². The summed E-state index contributed by atoms with van der Waals surface area (Å²) in [5.74, 6) is -0.848. The van der Waals surface area contributed by atoms with Crippen molar-refractivity contribution in [2.45, 2.75) is 19.4 Å². The first kappa shape index (κ1) is 18.7. The number of aryl methyl sites for hydroxylation is 1. The Bertz CT molecular complexity index is 1180. The van der Waals surface area contributed by atoms with Crippen LogP contribution in [0, 0.1) is 6.92 Å². The lowest BCUT2D eigenvalue weighted by atomic mass is 9.95. The van der Waals surface area contributed by atoms with Crippen LogP contribution in [0.15, 0.2) is 78.9 Å². The Morgan fingerprint density at radius 2 is 1.48 bits per heavy atom. The third kappa shape index (κ3) is 3.83. The normalized spacial score (nSPS) is 12.0. The molecule has 0 radical (unpaired) electrons. The molecule has 0 spiro atoms. The summed E-state index contributed by atoms with van der Waals surface area (Å²) in [5.41, 5.74) is 8.23. The molecule has 0 bridgehead atoms.